The number of hydrogen-bond donors (Lipinski definition) is 1. The van der Waals surface area contributed by atoms with Crippen molar-refractivity contribution in [3.05, 3.63) is 45.5 Å². The molecule has 1 N–H and O–H groups in total. The van der Waals surface area contributed by atoms with Gasteiger partial charge < -0.3 is 10.2 Å². The zero-order valence-corrected chi connectivity index (χ0v) is 19.4. The summed E-state index contributed by atoms with van der Waals surface area (Å²) < 4.78 is 1.03. The number of rotatable bonds is 4. The Morgan fingerprint density at radius 1 is 1.33 bits per heavy atom. The predicted octanol–water partition coefficient (Wildman–Crippen LogP) is 5.56. The topological polar surface area (TPSA) is 58.1 Å². The smallest absolute Gasteiger partial charge is 0.222 e. The Hall–Kier alpha value is -1.99. The van der Waals surface area contributed by atoms with Crippen LogP contribution in [-0.4, -0.2) is 33.9 Å². The van der Waals surface area contributed by atoms with Gasteiger partial charge in [-0.05, 0) is 61.3 Å². The van der Waals surface area contributed by atoms with Gasteiger partial charge >= 0.3 is 0 Å². The molecule has 156 valence electrons. The van der Waals surface area contributed by atoms with E-state index >= 15 is 0 Å². The number of nitrogens with one attached hydrogen (secondary N) is 1. The number of carbonyl (C=O) groups excluding carboxylic acids is 1. The van der Waals surface area contributed by atoms with Crippen LogP contribution in [0.4, 0.5) is 11.5 Å². The van der Waals surface area contributed by atoms with Gasteiger partial charge in [-0.3, -0.25) is 4.79 Å². The van der Waals surface area contributed by atoms with E-state index in [1.807, 2.05) is 24.3 Å². The van der Waals surface area contributed by atoms with E-state index in [-0.39, 0.29) is 0 Å². The standard InChI is InChI=1S/C23H25BrN4OS/c1-14-7-8-28(12-14)20(29)10-15-5-6-18-19(9-15)30-23-21(18)22(25-13-26-23)27-17-4-2-3-16(24)11-17/h2-4,11,13-15H,5-10,12H2,1H3,(H,25,26,27). The molecule has 1 aliphatic heterocycles. The van der Waals surface area contributed by atoms with Gasteiger partial charge in [0.25, 0.3) is 0 Å². The first-order chi connectivity index (χ1) is 14.6. The van der Waals surface area contributed by atoms with Crippen LogP contribution in [0.25, 0.3) is 10.2 Å². The monoisotopic (exact) mass is 484 g/mol. The highest BCUT2D eigenvalue weighted by atomic mass is 79.9. The van der Waals surface area contributed by atoms with Crippen LogP contribution in [0, 0.1) is 11.8 Å². The van der Waals surface area contributed by atoms with Crippen LogP contribution in [-0.2, 0) is 17.6 Å². The molecule has 2 aromatic heterocycles. The summed E-state index contributed by atoms with van der Waals surface area (Å²) in [6, 6.07) is 8.11. The summed E-state index contributed by atoms with van der Waals surface area (Å²) in [4.78, 5) is 26.3. The number of likely N-dealkylation sites (tertiary alicyclic amines) is 1. The molecule has 0 saturated carbocycles. The number of aryl methyl sites for hydroxylation is 1. The number of aromatic nitrogens is 2. The average Bonchev–Trinajstić information content (AvgIpc) is 3.31. The summed E-state index contributed by atoms with van der Waals surface area (Å²) in [6.07, 6.45) is 6.48. The van der Waals surface area contributed by atoms with E-state index in [4.69, 9.17) is 0 Å². The molecule has 2 atom stereocenters. The molecule has 3 aromatic rings. The quantitative estimate of drug-likeness (QED) is 0.526. The lowest BCUT2D eigenvalue weighted by atomic mass is 9.85. The normalized spacial score (nSPS) is 21.1. The molecule has 30 heavy (non-hydrogen) atoms. The Labute approximate surface area is 189 Å². The first-order valence-corrected chi connectivity index (χ1v) is 12.2. The van der Waals surface area contributed by atoms with E-state index in [0.29, 0.717) is 24.2 Å². The summed E-state index contributed by atoms with van der Waals surface area (Å²) in [7, 11) is 0. The van der Waals surface area contributed by atoms with Crippen molar-refractivity contribution in [3.8, 4) is 0 Å². The van der Waals surface area contributed by atoms with Gasteiger partial charge in [0, 0.05) is 34.5 Å². The second-order valence-corrected chi connectivity index (χ2v) is 10.6. The summed E-state index contributed by atoms with van der Waals surface area (Å²) >= 11 is 5.30. The number of nitrogens with zero attached hydrogens (tertiary/aromatic N) is 3. The molecule has 1 aliphatic carbocycles. The molecule has 1 fully saturated rings. The number of carbonyl (C=O) groups is 1. The van der Waals surface area contributed by atoms with Gasteiger partial charge in [0.05, 0.1) is 5.39 Å². The highest BCUT2D eigenvalue weighted by Gasteiger charge is 2.29. The maximum Gasteiger partial charge on any atom is 0.222 e. The van der Waals surface area contributed by atoms with E-state index in [1.54, 1.807) is 17.7 Å². The number of amides is 1. The van der Waals surface area contributed by atoms with Gasteiger partial charge in [-0.2, -0.15) is 0 Å². The second kappa shape index (κ2) is 8.27. The molecule has 7 heteroatoms. The van der Waals surface area contributed by atoms with E-state index < -0.39 is 0 Å². The van der Waals surface area contributed by atoms with E-state index in [9.17, 15) is 4.79 Å². The van der Waals surface area contributed by atoms with Gasteiger partial charge in [-0.15, -0.1) is 11.3 Å². The van der Waals surface area contributed by atoms with E-state index in [2.05, 4.69) is 43.0 Å². The molecule has 1 saturated heterocycles. The first-order valence-electron chi connectivity index (χ1n) is 10.6. The van der Waals surface area contributed by atoms with Gasteiger partial charge in [-0.1, -0.05) is 28.9 Å². The molecular weight excluding hydrogens is 460 g/mol. The minimum Gasteiger partial charge on any atom is -0.342 e. The second-order valence-electron chi connectivity index (χ2n) is 8.59. The highest BCUT2D eigenvalue weighted by Crippen LogP contribution is 2.41. The van der Waals surface area contributed by atoms with Crippen molar-refractivity contribution >= 4 is 54.9 Å². The largest absolute Gasteiger partial charge is 0.342 e. The minimum absolute atomic E-state index is 0.339. The molecule has 1 aromatic carbocycles. The van der Waals surface area contributed by atoms with E-state index in [1.165, 1.54) is 10.4 Å². The van der Waals surface area contributed by atoms with Crippen LogP contribution in [0.1, 0.15) is 36.6 Å². The van der Waals surface area contributed by atoms with Gasteiger partial charge in [0.15, 0.2) is 0 Å². The summed E-state index contributed by atoms with van der Waals surface area (Å²) in [5.74, 6) is 2.29. The lowest BCUT2D eigenvalue weighted by Crippen LogP contribution is -2.31. The number of benzene rings is 1. The molecule has 0 spiro atoms. The average molecular weight is 485 g/mol. The van der Waals surface area contributed by atoms with Crippen LogP contribution in [0.2, 0.25) is 0 Å². The maximum absolute atomic E-state index is 12.7. The molecule has 3 heterocycles. The van der Waals surface area contributed by atoms with Crippen molar-refractivity contribution in [3.63, 3.8) is 0 Å². The Balaban J connectivity index is 1.36. The van der Waals surface area contributed by atoms with Crippen molar-refractivity contribution in [2.75, 3.05) is 18.4 Å². The minimum atomic E-state index is 0.339. The fourth-order valence-corrected chi connectivity index (χ4v) is 6.39. The maximum atomic E-state index is 12.7. The third kappa shape index (κ3) is 3.97. The van der Waals surface area contributed by atoms with Crippen molar-refractivity contribution in [2.45, 2.75) is 39.0 Å². The van der Waals surface area contributed by atoms with E-state index in [0.717, 1.165) is 65.0 Å². The summed E-state index contributed by atoms with van der Waals surface area (Å²) in [5, 5.41) is 4.62. The van der Waals surface area contributed by atoms with Crippen molar-refractivity contribution < 1.29 is 4.79 Å². The van der Waals surface area contributed by atoms with Crippen LogP contribution in [0.5, 0.6) is 0 Å². The zero-order chi connectivity index (χ0) is 20.7. The van der Waals surface area contributed by atoms with Crippen LogP contribution in [0.3, 0.4) is 0 Å². The number of hydrogen-bond acceptors (Lipinski definition) is 5. The number of halogens is 1. The Morgan fingerprint density at radius 2 is 2.23 bits per heavy atom. The zero-order valence-electron chi connectivity index (χ0n) is 17.0. The predicted molar refractivity (Wildman–Crippen MR) is 125 cm³/mol. The van der Waals surface area contributed by atoms with Crippen LogP contribution >= 0.6 is 27.3 Å². The number of thiophene rings is 1. The Morgan fingerprint density at radius 3 is 3.03 bits per heavy atom. The Kier molecular flexibility index (Phi) is 5.50. The number of anilines is 2. The molecule has 2 aliphatic rings. The molecule has 5 rings (SSSR count). The molecule has 1 amide bonds. The highest BCUT2D eigenvalue weighted by molar-refractivity contribution is 9.10. The first kappa shape index (κ1) is 19.9. The van der Waals surface area contributed by atoms with Gasteiger partial charge in [0.2, 0.25) is 5.91 Å². The van der Waals surface area contributed by atoms with Gasteiger partial charge in [-0.25, -0.2) is 9.97 Å². The van der Waals surface area contributed by atoms with Crippen LogP contribution < -0.4 is 5.32 Å². The Bertz CT molecular complexity index is 1100. The number of fused-ring (bicyclic) bond motifs is 3. The van der Waals surface area contributed by atoms with Crippen molar-refractivity contribution in [1.29, 1.82) is 0 Å². The van der Waals surface area contributed by atoms with Crippen molar-refractivity contribution in [1.82, 2.24) is 14.9 Å². The van der Waals surface area contributed by atoms with Crippen LogP contribution in [0.15, 0.2) is 35.1 Å². The summed E-state index contributed by atoms with van der Waals surface area (Å²) in [5.41, 5.74) is 2.37. The fourth-order valence-electron chi connectivity index (χ4n) is 4.69. The molecule has 2 unspecified atom stereocenters. The third-order valence-corrected chi connectivity index (χ3v) is 7.93. The lowest BCUT2D eigenvalue weighted by Gasteiger charge is -2.24. The lowest BCUT2D eigenvalue weighted by molar-refractivity contribution is -0.131. The molecule has 0 bridgehead atoms. The SMILES string of the molecule is CC1CCN(C(=O)CC2CCc3c(sc4ncnc(Nc5cccc(Br)c5)c34)C2)C1. The van der Waals surface area contributed by atoms with Crippen molar-refractivity contribution in [2.24, 2.45) is 11.8 Å². The molecular formula is C23H25BrN4OS. The summed E-state index contributed by atoms with van der Waals surface area (Å²) in [6.45, 7) is 4.10. The third-order valence-electron chi connectivity index (χ3n) is 6.27. The fraction of sp³-hybridized carbons (Fsp3) is 0.435. The molecule has 5 nitrogen and oxygen atoms in total. The van der Waals surface area contributed by atoms with Gasteiger partial charge in [0.1, 0.15) is 17.0 Å². The molecule has 0 radical (unpaired) electrons.